The van der Waals surface area contributed by atoms with E-state index < -0.39 is 12.1 Å². The number of hydrogen-bond acceptors (Lipinski definition) is 8. The molecule has 4 atom stereocenters. The minimum atomic E-state index is -0.539. The zero-order valence-corrected chi connectivity index (χ0v) is 28.5. The Bertz CT molecular complexity index is 1600. The number of amides is 4. The van der Waals surface area contributed by atoms with Crippen LogP contribution in [0.15, 0.2) is 66.7 Å². The van der Waals surface area contributed by atoms with Gasteiger partial charge in [0.2, 0.25) is 6.79 Å². The molecule has 2 aliphatic rings. The number of anilines is 2. The molecule has 0 saturated heterocycles. The van der Waals surface area contributed by atoms with E-state index in [9.17, 15) is 19.5 Å². The maximum atomic E-state index is 14.4. The summed E-state index contributed by atoms with van der Waals surface area (Å²) < 4.78 is 23.5. The van der Waals surface area contributed by atoms with E-state index in [1.54, 1.807) is 84.4 Å². The Morgan fingerprint density at radius 3 is 2.43 bits per heavy atom. The molecule has 262 valence electrons. The van der Waals surface area contributed by atoms with E-state index in [0.29, 0.717) is 40.8 Å². The summed E-state index contributed by atoms with van der Waals surface area (Å²) in [6.45, 7) is 6.56. The molecule has 0 spiro atoms. The van der Waals surface area contributed by atoms with Gasteiger partial charge in [-0.25, -0.2) is 4.79 Å². The Hall–Kier alpha value is -4.81. The molecule has 12 nitrogen and oxygen atoms in total. The molecule has 4 amide bonds. The molecule has 3 aromatic rings. The van der Waals surface area contributed by atoms with Gasteiger partial charge < -0.3 is 44.5 Å². The van der Waals surface area contributed by atoms with Crippen LogP contribution in [0.4, 0.5) is 16.2 Å². The van der Waals surface area contributed by atoms with Crippen LogP contribution in [0.25, 0.3) is 0 Å². The standard InChI is InChI=1S/C37H46N4O8/c1-24-20-41(25(2)22-42)36(44)30-18-28(38-35(43)27-11-6-5-7-12-27)13-15-31(30)49-26(3)10-8-9-17-46-34(24)21-40(4)37(45)39-29-14-16-32-33(19-29)48-23-47-32/h5-7,11-16,18-19,24-26,34,42H,8-10,17,20-23H2,1-4H3,(H,38,43)(H,39,45)/t24-,25-,26-,34-/m0/s1. The number of carbonyl (C=O) groups excluding carboxylic acids is 3. The highest BCUT2D eigenvalue weighted by Gasteiger charge is 2.31. The first-order valence-electron chi connectivity index (χ1n) is 16.7. The summed E-state index contributed by atoms with van der Waals surface area (Å²) in [6.07, 6.45) is 1.75. The first-order valence-corrected chi connectivity index (χ1v) is 16.7. The van der Waals surface area contributed by atoms with E-state index in [-0.39, 0.29) is 61.9 Å². The smallest absolute Gasteiger partial charge is 0.321 e. The van der Waals surface area contributed by atoms with Crippen molar-refractivity contribution in [2.45, 2.75) is 58.3 Å². The minimum Gasteiger partial charge on any atom is -0.490 e. The molecule has 0 radical (unpaired) electrons. The zero-order valence-electron chi connectivity index (χ0n) is 28.5. The van der Waals surface area contributed by atoms with Gasteiger partial charge in [0.1, 0.15) is 5.75 Å². The Morgan fingerprint density at radius 1 is 0.959 bits per heavy atom. The Kier molecular flexibility index (Phi) is 12.0. The van der Waals surface area contributed by atoms with Gasteiger partial charge in [-0.15, -0.1) is 0 Å². The van der Waals surface area contributed by atoms with Crippen LogP contribution in [0.2, 0.25) is 0 Å². The number of benzene rings is 3. The monoisotopic (exact) mass is 674 g/mol. The molecule has 0 aromatic heterocycles. The lowest BCUT2D eigenvalue weighted by molar-refractivity contribution is -0.0115. The van der Waals surface area contributed by atoms with Crippen LogP contribution < -0.4 is 24.8 Å². The van der Waals surface area contributed by atoms with E-state index >= 15 is 0 Å². The molecule has 0 unspecified atom stereocenters. The molecule has 3 aromatic carbocycles. The van der Waals surface area contributed by atoms with Crippen molar-refractivity contribution in [2.24, 2.45) is 5.92 Å². The molecule has 0 aliphatic carbocycles. The third-order valence-electron chi connectivity index (χ3n) is 8.77. The fraction of sp³-hybridized carbons (Fsp3) is 0.432. The molecular weight excluding hydrogens is 628 g/mol. The average molecular weight is 675 g/mol. The maximum absolute atomic E-state index is 14.4. The van der Waals surface area contributed by atoms with E-state index in [2.05, 4.69) is 10.6 Å². The summed E-state index contributed by atoms with van der Waals surface area (Å²) >= 11 is 0. The van der Waals surface area contributed by atoms with E-state index in [4.69, 9.17) is 18.9 Å². The summed E-state index contributed by atoms with van der Waals surface area (Å²) in [5, 5.41) is 16.0. The van der Waals surface area contributed by atoms with Crippen LogP contribution in [-0.2, 0) is 4.74 Å². The Balaban J connectivity index is 1.36. The van der Waals surface area contributed by atoms with Crippen molar-refractivity contribution in [1.82, 2.24) is 9.80 Å². The van der Waals surface area contributed by atoms with Gasteiger partial charge in [0.05, 0.1) is 30.4 Å². The lowest BCUT2D eigenvalue weighted by atomic mass is 10.0. The highest BCUT2D eigenvalue weighted by molar-refractivity contribution is 6.05. The Labute approximate surface area is 287 Å². The first kappa shape index (κ1) is 35.5. The topological polar surface area (TPSA) is 139 Å². The van der Waals surface area contributed by atoms with Gasteiger partial charge in [-0.3, -0.25) is 9.59 Å². The van der Waals surface area contributed by atoms with Crippen molar-refractivity contribution in [3.05, 3.63) is 77.9 Å². The minimum absolute atomic E-state index is 0.140. The average Bonchev–Trinajstić information content (AvgIpc) is 3.58. The van der Waals surface area contributed by atoms with Crippen molar-refractivity contribution < 1.29 is 38.4 Å². The number of fused-ring (bicyclic) bond motifs is 2. The molecule has 3 N–H and O–H groups in total. The highest BCUT2D eigenvalue weighted by Crippen LogP contribution is 2.34. The fourth-order valence-electron chi connectivity index (χ4n) is 5.80. The van der Waals surface area contributed by atoms with Crippen LogP contribution in [0.1, 0.15) is 60.7 Å². The predicted octanol–water partition coefficient (Wildman–Crippen LogP) is 5.63. The molecule has 12 heteroatoms. The second-order valence-electron chi connectivity index (χ2n) is 12.7. The lowest BCUT2D eigenvalue weighted by Crippen LogP contribution is -2.48. The fourth-order valence-corrected chi connectivity index (χ4v) is 5.80. The van der Waals surface area contributed by atoms with Crippen molar-refractivity contribution in [3.8, 4) is 17.2 Å². The zero-order chi connectivity index (χ0) is 34.9. The van der Waals surface area contributed by atoms with Gasteiger partial charge in [-0.1, -0.05) is 25.1 Å². The number of hydrogen-bond donors (Lipinski definition) is 3. The number of aliphatic hydroxyl groups is 1. The number of carbonyl (C=O) groups is 3. The highest BCUT2D eigenvalue weighted by atomic mass is 16.7. The van der Waals surface area contributed by atoms with Gasteiger partial charge in [0.15, 0.2) is 11.5 Å². The van der Waals surface area contributed by atoms with Gasteiger partial charge in [-0.2, -0.15) is 0 Å². The SMILES string of the molecule is C[C@H]1CCCCO[C@@H](CN(C)C(=O)Nc2ccc3c(c2)OCO3)[C@@H](C)CN([C@@H](C)CO)C(=O)c2cc(NC(=O)c3ccccc3)ccc2O1. The maximum Gasteiger partial charge on any atom is 0.321 e. The van der Waals surface area contributed by atoms with E-state index in [1.807, 2.05) is 19.9 Å². The van der Waals surface area contributed by atoms with Crippen molar-refractivity contribution in [3.63, 3.8) is 0 Å². The van der Waals surface area contributed by atoms with Crippen LogP contribution in [0.5, 0.6) is 17.2 Å². The molecule has 5 rings (SSSR count). The van der Waals surface area contributed by atoms with Crippen molar-refractivity contribution >= 4 is 29.2 Å². The summed E-state index contributed by atoms with van der Waals surface area (Å²) in [6, 6.07) is 18.2. The number of rotatable bonds is 7. The second-order valence-corrected chi connectivity index (χ2v) is 12.7. The van der Waals surface area contributed by atoms with Crippen molar-refractivity contribution in [1.29, 1.82) is 0 Å². The quantitative estimate of drug-likeness (QED) is 0.293. The van der Waals surface area contributed by atoms with Gasteiger partial charge in [0, 0.05) is 55.7 Å². The number of ether oxygens (including phenoxy) is 4. The summed E-state index contributed by atoms with van der Waals surface area (Å²) in [4.78, 5) is 43.7. The van der Waals surface area contributed by atoms with Crippen LogP contribution in [0, 0.1) is 5.92 Å². The number of aliphatic hydroxyl groups excluding tert-OH is 1. The third kappa shape index (κ3) is 9.21. The number of nitrogens with zero attached hydrogens (tertiary/aromatic N) is 2. The van der Waals surface area contributed by atoms with Gasteiger partial charge in [-0.05, 0) is 75.6 Å². The van der Waals surface area contributed by atoms with E-state index in [0.717, 1.165) is 19.3 Å². The number of nitrogens with one attached hydrogen (secondary N) is 2. The summed E-state index contributed by atoms with van der Waals surface area (Å²) in [5.74, 6) is 0.716. The molecule has 0 saturated carbocycles. The molecule has 49 heavy (non-hydrogen) atoms. The molecule has 2 aliphatic heterocycles. The largest absolute Gasteiger partial charge is 0.490 e. The predicted molar refractivity (Wildman–Crippen MR) is 185 cm³/mol. The molecule has 0 bridgehead atoms. The number of likely N-dealkylation sites (N-methyl/N-ethyl adjacent to an activating group) is 1. The van der Waals surface area contributed by atoms with Crippen LogP contribution in [-0.4, -0.2) is 91.1 Å². The molecule has 2 heterocycles. The normalized spacial score (nSPS) is 20.3. The Morgan fingerprint density at radius 2 is 1.67 bits per heavy atom. The third-order valence-corrected chi connectivity index (χ3v) is 8.77. The van der Waals surface area contributed by atoms with Crippen molar-refractivity contribution in [2.75, 3.05) is 50.8 Å². The summed E-state index contributed by atoms with van der Waals surface area (Å²) in [7, 11) is 1.70. The lowest BCUT2D eigenvalue weighted by Gasteiger charge is -2.35. The van der Waals surface area contributed by atoms with Gasteiger partial charge in [0.25, 0.3) is 11.8 Å². The first-order chi connectivity index (χ1) is 23.6. The number of urea groups is 1. The summed E-state index contributed by atoms with van der Waals surface area (Å²) in [5.41, 5.74) is 1.78. The van der Waals surface area contributed by atoms with Gasteiger partial charge >= 0.3 is 6.03 Å². The van der Waals surface area contributed by atoms with E-state index in [1.165, 1.54) is 0 Å². The second kappa shape index (κ2) is 16.5. The molecular formula is C37H46N4O8. The molecule has 0 fully saturated rings. The van der Waals surface area contributed by atoms with Crippen LogP contribution in [0.3, 0.4) is 0 Å². The van der Waals surface area contributed by atoms with Crippen LogP contribution >= 0.6 is 0 Å².